The second-order valence-corrected chi connectivity index (χ2v) is 5.24. The Bertz CT molecular complexity index is 777. The van der Waals surface area contributed by atoms with Crippen LogP contribution in [0.3, 0.4) is 0 Å². The van der Waals surface area contributed by atoms with Crippen LogP contribution in [-0.4, -0.2) is 9.78 Å². The molecular formula is C17H15N3O. The third-order valence-electron chi connectivity index (χ3n) is 3.92. The van der Waals surface area contributed by atoms with Gasteiger partial charge in [-0.25, -0.2) is 4.68 Å². The average Bonchev–Trinajstić information content (AvgIpc) is 2.84. The van der Waals surface area contributed by atoms with E-state index < -0.39 is 0 Å². The zero-order valence-electron chi connectivity index (χ0n) is 11.7. The van der Waals surface area contributed by atoms with E-state index in [2.05, 4.69) is 17.2 Å². The van der Waals surface area contributed by atoms with Crippen molar-refractivity contribution < 1.29 is 4.74 Å². The van der Waals surface area contributed by atoms with E-state index in [0.717, 1.165) is 28.2 Å². The molecule has 2 aromatic carbocycles. The quantitative estimate of drug-likeness (QED) is 0.579. The summed E-state index contributed by atoms with van der Waals surface area (Å²) >= 11 is 0. The number of benzene rings is 2. The van der Waals surface area contributed by atoms with E-state index in [9.17, 15) is 0 Å². The number of nitrogens with zero attached hydrogens (tertiary/aromatic N) is 2. The molecule has 1 aromatic heterocycles. The second kappa shape index (κ2) is 4.38. The monoisotopic (exact) mass is 277 g/mol. The largest absolute Gasteiger partial charge is 0.457 e. The molecule has 1 aliphatic rings. The van der Waals surface area contributed by atoms with Gasteiger partial charge in [-0.3, -0.25) is 0 Å². The number of hydrogen-bond acceptors (Lipinski definition) is 3. The summed E-state index contributed by atoms with van der Waals surface area (Å²) in [6.45, 7) is 1.97. The van der Waals surface area contributed by atoms with E-state index in [4.69, 9.17) is 10.5 Å². The molecule has 4 nitrogen and oxygen atoms in total. The van der Waals surface area contributed by atoms with E-state index in [1.165, 1.54) is 0 Å². The van der Waals surface area contributed by atoms with E-state index in [-0.39, 0.29) is 6.04 Å². The third-order valence-corrected chi connectivity index (χ3v) is 3.92. The fourth-order valence-electron chi connectivity index (χ4n) is 2.81. The molecule has 2 N–H and O–H groups in total. The van der Waals surface area contributed by atoms with Crippen LogP contribution in [0.2, 0.25) is 0 Å². The molecule has 0 saturated carbocycles. The molecule has 3 aromatic rings. The lowest BCUT2D eigenvalue weighted by molar-refractivity contribution is 0.426. The van der Waals surface area contributed by atoms with Crippen molar-refractivity contribution in [3.8, 4) is 11.5 Å². The van der Waals surface area contributed by atoms with E-state index >= 15 is 0 Å². The molecule has 0 spiro atoms. The summed E-state index contributed by atoms with van der Waals surface area (Å²) in [6, 6.07) is 16.0. The maximum Gasteiger partial charge on any atom is 0.133 e. The van der Waals surface area contributed by atoms with Crippen LogP contribution >= 0.6 is 0 Å². The SMILES string of the molecule is Cc1cnn(C2c3ccccc3Oc3ccccc32)c1N. The fourth-order valence-corrected chi connectivity index (χ4v) is 2.81. The molecule has 0 aliphatic carbocycles. The third kappa shape index (κ3) is 1.72. The molecule has 0 fully saturated rings. The lowest BCUT2D eigenvalue weighted by Crippen LogP contribution is -2.20. The fraction of sp³-hybridized carbons (Fsp3) is 0.118. The highest BCUT2D eigenvalue weighted by molar-refractivity contribution is 5.55. The highest BCUT2D eigenvalue weighted by Gasteiger charge is 2.30. The maximum absolute atomic E-state index is 6.21. The van der Waals surface area contributed by atoms with Gasteiger partial charge in [0.15, 0.2) is 0 Å². The highest BCUT2D eigenvalue weighted by atomic mass is 16.5. The zero-order valence-corrected chi connectivity index (χ0v) is 11.7. The molecule has 0 unspecified atom stereocenters. The first-order valence-electron chi connectivity index (χ1n) is 6.91. The summed E-state index contributed by atoms with van der Waals surface area (Å²) in [6.07, 6.45) is 1.80. The van der Waals surface area contributed by atoms with E-state index in [1.807, 2.05) is 48.0 Å². The molecule has 0 bridgehead atoms. The predicted octanol–water partition coefficient (Wildman–Crippen LogP) is 3.52. The number of ether oxygens (including phenoxy) is 1. The number of rotatable bonds is 1. The number of fused-ring (bicyclic) bond motifs is 2. The lowest BCUT2D eigenvalue weighted by Gasteiger charge is -2.29. The molecule has 21 heavy (non-hydrogen) atoms. The number of nitrogens with two attached hydrogens (primary N) is 1. The molecule has 4 rings (SSSR count). The summed E-state index contributed by atoms with van der Waals surface area (Å²) in [5, 5.41) is 4.47. The summed E-state index contributed by atoms with van der Waals surface area (Å²) in [5.41, 5.74) is 9.34. The molecule has 0 saturated heterocycles. The van der Waals surface area contributed by atoms with Crippen molar-refractivity contribution in [2.75, 3.05) is 5.73 Å². The van der Waals surface area contributed by atoms with Gasteiger partial charge in [0.2, 0.25) is 0 Å². The van der Waals surface area contributed by atoms with Gasteiger partial charge in [0.05, 0.1) is 6.20 Å². The Hall–Kier alpha value is -2.75. The number of aromatic nitrogens is 2. The van der Waals surface area contributed by atoms with Crippen molar-refractivity contribution in [3.05, 3.63) is 71.4 Å². The molecule has 2 heterocycles. The minimum Gasteiger partial charge on any atom is -0.457 e. The predicted molar refractivity (Wildman–Crippen MR) is 81.6 cm³/mol. The van der Waals surface area contributed by atoms with Crippen molar-refractivity contribution in [3.63, 3.8) is 0 Å². The van der Waals surface area contributed by atoms with Crippen molar-refractivity contribution in [2.24, 2.45) is 0 Å². The molecule has 4 heteroatoms. The summed E-state index contributed by atoms with van der Waals surface area (Å²) in [4.78, 5) is 0. The Kier molecular flexibility index (Phi) is 2.51. The van der Waals surface area contributed by atoms with Crippen LogP contribution in [0.1, 0.15) is 22.7 Å². The Morgan fingerprint density at radius 2 is 1.57 bits per heavy atom. The Balaban J connectivity index is 2.00. The first-order valence-corrected chi connectivity index (χ1v) is 6.91. The van der Waals surface area contributed by atoms with Gasteiger partial charge in [0.1, 0.15) is 23.4 Å². The van der Waals surface area contributed by atoms with Gasteiger partial charge in [0.25, 0.3) is 0 Å². The van der Waals surface area contributed by atoms with Crippen LogP contribution in [0.4, 0.5) is 5.82 Å². The average molecular weight is 277 g/mol. The minimum absolute atomic E-state index is 0.0557. The lowest BCUT2D eigenvalue weighted by atomic mass is 9.94. The summed E-state index contributed by atoms with van der Waals surface area (Å²) in [7, 11) is 0. The van der Waals surface area contributed by atoms with Crippen molar-refractivity contribution in [1.82, 2.24) is 9.78 Å². The number of anilines is 1. The van der Waals surface area contributed by atoms with Crippen LogP contribution in [0.15, 0.2) is 54.7 Å². The maximum atomic E-state index is 6.21. The van der Waals surface area contributed by atoms with Gasteiger partial charge >= 0.3 is 0 Å². The first kappa shape index (κ1) is 12.0. The van der Waals surface area contributed by atoms with Gasteiger partial charge in [-0.15, -0.1) is 0 Å². The Morgan fingerprint density at radius 3 is 2.10 bits per heavy atom. The number of para-hydroxylation sites is 2. The topological polar surface area (TPSA) is 53.1 Å². The molecular weight excluding hydrogens is 262 g/mol. The Labute approximate surface area is 122 Å². The van der Waals surface area contributed by atoms with Crippen LogP contribution < -0.4 is 10.5 Å². The number of nitrogen functional groups attached to an aromatic ring is 1. The summed E-state index contributed by atoms with van der Waals surface area (Å²) in [5.74, 6) is 2.40. The molecule has 0 atom stereocenters. The van der Waals surface area contributed by atoms with Crippen LogP contribution in [0.5, 0.6) is 11.5 Å². The second-order valence-electron chi connectivity index (χ2n) is 5.24. The van der Waals surface area contributed by atoms with Crippen molar-refractivity contribution >= 4 is 5.82 Å². The molecule has 0 amide bonds. The van der Waals surface area contributed by atoms with Gasteiger partial charge in [0, 0.05) is 16.7 Å². The molecule has 1 aliphatic heterocycles. The molecule has 104 valence electrons. The standard InChI is InChI=1S/C17H15N3O/c1-11-10-19-20(17(11)18)16-12-6-2-4-8-14(12)21-15-9-5-3-7-13(15)16/h2-10,16H,18H2,1H3. The van der Waals surface area contributed by atoms with Crippen LogP contribution in [0, 0.1) is 6.92 Å². The van der Waals surface area contributed by atoms with Gasteiger partial charge in [-0.1, -0.05) is 36.4 Å². The van der Waals surface area contributed by atoms with E-state index in [1.54, 1.807) is 6.20 Å². The summed E-state index contributed by atoms with van der Waals surface area (Å²) < 4.78 is 7.86. The first-order chi connectivity index (χ1) is 10.3. The minimum atomic E-state index is -0.0557. The number of hydrogen-bond donors (Lipinski definition) is 1. The molecule has 0 radical (unpaired) electrons. The number of aryl methyl sites for hydroxylation is 1. The van der Waals surface area contributed by atoms with Gasteiger partial charge in [-0.2, -0.15) is 5.10 Å². The normalized spacial score (nSPS) is 13.4. The zero-order chi connectivity index (χ0) is 14.4. The van der Waals surface area contributed by atoms with Gasteiger partial charge < -0.3 is 10.5 Å². The van der Waals surface area contributed by atoms with Crippen LogP contribution in [-0.2, 0) is 0 Å². The van der Waals surface area contributed by atoms with Gasteiger partial charge in [-0.05, 0) is 19.1 Å². The van der Waals surface area contributed by atoms with Crippen LogP contribution in [0.25, 0.3) is 0 Å². The van der Waals surface area contributed by atoms with E-state index in [0.29, 0.717) is 5.82 Å². The van der Waals surface area contributed by atoms with Crippen molar-refractivity contribution in [1.29, 1.82) is 0 Å². The van der Waals surface area contributed by atoms with Crippen molar-refractivity contribution in [2.45, 2.75) is 13.0 Å². The Morgan fingerprint density at radius 1 is 1.00 bits per heavy atom. The highest BCUT2D eigenvalue weighted by Crippen LogP contribution is 2.45. The smallest absolute Gasteiger partial charge is 0.133 e.